The number of aliphatic carboxylic acids is 1. The number of carboxylic acid groups (broad SMARTS) is 1. The SMILES string of the molecule is CCN(CC)C(=O)N1CCc2cc(S(=O)(=O)N3C(=O)C(NCC4CCNCC4)(c4ccccc4Cl)c4cc(Cl)ccc43)ccc21.O=C(O)C(F)(F)F. The molecule has 3 aliphatic heterocycles. The standard InChI is InChI=1S/C33H37Cl2N5O4S.C2HF3O2/c1-3-38(4-2)32(42)39-18-15-23-19-25(10-12-29(23)39)45(43,44)40-30-11-9-24(34)20-27(30)33(31(40)41,26-7-5-6-8-28(26)35)37-21-22-13-16-36-17-14-22;3-2(4,5)1(6)7/h5-12,19-20,22,36-37H,3-4,13-18,21H2,1-2H3;(H,6,7). The fourth-order valence-corrected chi connectivity index (χ4v) is 8.75. The molecule has 11 nitrogen and oxygen atoms in total. The lowest BCUT2D eigenvalue weighted by atomic mass is 9.82. The molecule has 1 saturated heterocycles. The summed E-state index contributed by atoms with van der Waals surface area (Å²) in [5.41, 5.74) is 0.955. The van der Waals surface area contributed by atoms with Gasteiger partial charge < -0.3 is 15.3 Å². The maximum Gasteiger partial charge on any atom is 0.490 e. The van der Waals surface area contributed by atoms with Crippen molar-refractivity contribution in [2.24, 2.45) is 5.92 Å². The molecule has 3 aromatic rings. The van der Waals surface area contributed by atoms with Crippen molar-refractivity contribution in [3.8, 4) is 0 Å². The van der Waals surface area contributed by atoms with Crippen LogP contribution in [0.5, 0.6) is 0 Å². The molecule has 1 fully saturated rings. The Morgan fingerprint density at radius 3 is 2.25 bits per heavy atom. The van der Waals surface area contributed by atoms with Crippen LogP contribution in [0.4, 0.5) is 29.3 Å². The second-order valence-electron chi connectivity index (χ2n) is 12.5. The van der Waals surface area contributed by atoms with Crippen LogP contribution in [0.3, 0.4) is 0 Å². The number of halogens is 5. The highest BCUT2D eigenvalue weighted by molar-refractivity contribution is 7.93. The zero-order chi connectivity index (χ0) is 38.0. The number of hydrogen-bond donors (Lipinski definition) is 3. The molecule has 0 radical (unpaired) electrons. The number of benzene rings is 3. The summed E-state index contributed by atoms with van der Waals surface area (Å²) in [6, 6.07) is 16.5. The molecule has 3 amide bonds. The lowest BCUT2D eigenvalue weighted by Crippen LogP contribution is -2.54. The van der Waals surface area contributed by atoms with Gasteiger partial charge in [-0.25, -0.2) is 22.3 Å². The van der Waals surface area contributed by atoms with E-state index >= 15 is 0 Å². The van der Waals surface area contributed by atoms with Gasteiger partial charge >= 0.3 is 18.2 Å². The maximum atomic E-state index is 14.9. The van der Waals surface area contributed by atoms with Gasteiger partial charge in [-0.15, -0.1) is 0 Å². The summed E-state index contributed by atoms with van der Waals surface area (Å²) in [5.74, 6) is -3.14. The minimum Gasteiger partial charge on any atom is -0.475 e. The topological polar surface area (TPSA) is 139 Å². The third-order valence-corrected chi connectivity index (χ3v) is 11.7. The van der Waals surface area contributed by atoms with E-state index in [-0.39, 0.29) is 22.5 Å². The first kappa shape index (κ1) is 39.3. The van der Waals surface area contributed by atoms with E-state index < -0.39 is 33.6 Å². The summed E-state index contributed by atoms with van der Waals surface area (Å²) in [7, 11) is -4.40. The molecule has 0 spiro atoms. The lowest BCUT2D eigenvalue weighted by Gasteiger charge is -2.34. The number of sulfonamides is 1. The largest absolute Gasteiger partial charge is 0.490 e. The van der Waals surface area contributed by atoms with Gasteiger partial charge in [0.2, 0.25) is 0 Å². The number of nitrogens with one attached hydrogen (secondary N) is 2. The second-order valence-corrected chi connectivity index (χ2v) is 15.1. The highest BCUT2D eigenvalue weighted by Crippen LogP contribution is 2.49. The number of fused-ring (bicyclic) bond motifs is 2. The number of urea groups is 1. The van der Waals surface area contributed by atoms with Gasteiger partial charge in [-0.3, -0.25) is 15.0 Å². The highest BCUT2D eigenvalue weighted by Gasteiger charge is 2.57. The van der Waals surface area contributed by atoms with Crippen molar-refractivity contribution in [2.45, 2.75) is 49.7 Å². The summed E-state index contributed by atoms with van der Waals surface area (Å²) in [6.45, 7) is 7.69. The first-order chi connectivity index (χ1) is 24.6. The van der Waals surface area contributed by atoms with Gasteiger partial charge in [-0.2, -0.15) is 13.2 Å². The van der Waals surface area contributed by atoms with Gasteiger partial charge in [-0.05, 0) is 107 Å². The molecule has 6 rings (SSSR count). The molecule has 17 heteroatoms. The van der Waals surface area contributed by atoms with Crippen molar-refractivity contribution in [3.05, 3.63) is 87.4 Å². The number of amides is 3. The minimum atomic E-state index is -5.08. The quantitative estimate of drug-likeness (QED) is 0.252. The number of carboxylic acids is 1. The number of anilines is 2. The van der Waals surface area contributed by atoms with Crippen LogP contribution in [0.25, 0.3) is 0 Å². The van der Waals surface area contributed by atoms with Gasteiger partial charge in [-0.1, -0.05) is 41.4 Å². The van der Waals surface area contributed by atoms with Gasteiger partial charge in [0.05, 0.1) is 10.6 Å². The molecule has 0 aromatic heterocycles. The van der Waals surface area contributed by atoms with Crippen molar-refractivity contribution in [1.29, 1.82) is 0 Å². The Balaban J connectivity index is 0.000000679. The van der Waals surface area contributed by atoms with E-state index in [0.717, 1.165) is 35.8 Å². The molecule has 3 N–H and O–H groups in total. The van der Waals surface area contributed by atoms with E-state index in [9.17, 15) is 31.2 Å². The van der Waals surface area contributed by atoms with E-state index in [4.69, 9.17) is 33.1 Å². The third-order valence-electron chi connectivity index (χ3n) is 9.47. The summed E-state index contributed by atoms with van der Waals surface area (Å²) in [5, 5.41) is 14.7. The van der Waals surface area contributed by atoms with Crippen molar-refractivity contribution >= 4 is 62.5 Å². The molecule has 3 aromatic carbocycles. The highest BCUT2D eigenvalue weighted by atomic mass is 35.5. The second kappa shape index (κ2) is 15.6. The third kappa shape index (κ3) is 7.47. The number of alkyl halides is 3. The molecule has 0 bridgehead atoms. The lowest BCUT2D eigenvalue weighted by molar-refractivity contribution is -0.192. The van der Waals surface area contributed by atoms with Crippen LogP contribution < -0.4 is 19.8 Å². The summed E-state index contributed by atoms with van der Waals surface area (Å²) < 4.78 is 61.7. The van der Waals surface area contributed by atoms with Crippen LogP contribution >= 0.6 is 23.2 Å². The molecule has 1 unspecified atom stereocenters. The fourth-order valence-electron chi connectivity index (χ4n) is 6.78. The van der Waals surface area contributed by atoms with Crippen molar-refractivity contribution < 1.29 is 41.1 Å². The number of nitrogens with zero attached hydrogens (tertiary/aromatic N) is 3. The van der Waals surface area contributed by atoms with Gasteiger partial charge in [0, 0.05) is 46.5 Å². The number of piperidine rings is 1. The summed E-state index contributed by atoms with van der Waals surface area (Å²) in [4.78, 5) is 40.3. The monoisotopic (exact) mass is 783 g/mol. The van der Waals surface area contributed by atoms with Crippen molar-refractivity contribution in [1.82, 2.24) is 15.5 Å². The first-order valence-corrected chi connectivity index (χ1v) is 18.9. The minimum absolute atomic E-state index is 0.0269. The van der Waals surface area contributed by atoms with E-state index in [1.807, 2.05) is 13.8 Å². The summed E-state index contributed by atoms with van der Waals surface area (Å²) in [6.07, 6.45) is -2.73. The Kier molecular flexibility index (Phi) is 11.8. The first-order valence-electron chi connectivity index (χ1n) is 16.7. The van der Waals surface area contributed by atoms with E-state index in [1.165, 1.54) is 6.07 Å². The van der Waals surface area contributed by atoms with Crippen LogP contribution in [-0.2, 0) is 31.6 Å². The zero-order valence-electron chi connectivity index (χ0n) is 28.3. The number of carbonyl (C=O) groups is 3. The number of carbonyl (C=O) groups excluding carboxylic acids is 2. The Hall–Kier alpha value is -3.89. The molecule has 280 valence electrons. The van der Waals surface area contributed by atoms with Crippen molar-refractivity contribution in [3.63, 3.8) is 0 Å². The van der Waals surface area contributed by atoms with Crippen molar-refractivity contribution in [2.75, 3.05) is 48.5 Å². The van der Waals surface area contributed by atoms with Crippen LogP contribution in [0.1, 0.15) is 43.4 Å². The van der Waals surface area contributed by atoms with Gasteiger partial charge in [0.1, 0.15) is 0 Å². The van der Waals surface area contributed by atoms with Gasteiger partial charge in [0.25, 0.3) is 15.9 Å². The zero-order valence-corrected chi connectivity index (χ0v) is 30.7. The van der Waals surface area contributed by atoms with E-state index in [0.29, 0.717) is 59.5 Å². The fraction of sp³-hybridized carbons (Fsp3) is 0.400. The molecule has 1 atom stereocenters. The van der Waals surface area contributed by atoms with E-state index in [2.05, 4.69) is 10.6 Å². The average Bonchev–Trinajstić information content (AvgIpc) is 3.64. The molecule has 52 heavy (non-hydrogen) atoms. The Bertz CT molecular complexity index is 1960. The molecule has 0 aliphatic carbocycles. The number of rotatable bonds is 8. The smallest absolute Gasteiger partial charge is 0.475 e. The van der Waals surface area contributed by atoms with Crippen LogP contribution in [-0.4, -0.2) is 81.8 Å². The van der Waals surface area contributed by atoms with E-state index in [1.54, 1.807) is 64.4 Å². The van der Waals surface area contributed by atoms with Gasteiger partial charge in [0.15, 0.2) is 5.54 Å². The molecule has 3 heterocycles. The predicted molar refractivity (Wildman–Crippen MR) is 191 cm³/mol. The predicted octanol–water partition coefficient (Wildman–Crippen LogP) is 6.02. The average molecular weight is 785 g/mol. The van der Waals surface area contributed by atoms with Crippen LogP contribution in [0.2, 0.25) is 10.0 Å². The normalized spacial score (nSPS) is 18.8. The maximum absolute atomic E-state index is 14.9. The molecule has 0 saturated carbocycles. The molecular weight excluding hydrogens is 746 g/mol. The summed E-state index contributed by atoms with van der Waals surface area (Å²) >= 11 is 13.3. The number of hydrogen-bond acceptors (Lipinski definition) is 7. The van der Waals surface area contributed by atoms with Crippen LogP contribution in [0.15, 0.2) is 65.6 Å². The molecule has 3 aliphatic rings. The molecular formula is C35H38Cl2F3N5O6S. The Morgan fingerprint density at radius 2 is 1.63 bits per heavy atom. The Morgan fingerprint density at radius 1 is 1.00 bits per heavy atom. The van der Waals surface area contributed by atoms with Crippen LogP contribution in [0, 0.1) is 5.92 Å². The Labute approximate surface area is 309 Å².